The first-order chi connectivity index (χ1) is 12.3. The number of hydrogen-bond acceptors (Lipinski definition) is 6. The highest BCUT2D eigenvalue weighted by Crippen LogP contribution is 2.23. The summed E-state index contributed by atoms with van der Waals surface area (Å²) < 4.78 is 0. The average molecular weight is 330 g/mol. The number of nitrogens with zero attached hydrogens (tertiary/aromatic N) is 5. The van der Waals surface area contributed by atoms with Gasteiger partial charge in [-0.3, -0.25) is 0 Å². The molecule has 1 N–H and O–H groups in total. The van der Waals surface area contributed by atoms with Gasteiger partial charge in [0.25, 0.3) is 0 Å². The molecule has 1 saturated heterocycles. The standard InChI is InChI=1S/C19H18N6/c20-11-14-5-6-18(21-12-14)25-9-7-15(8-10-25)24-19-16-3-1-2-4-17(16)22-13-23-19/h1-6,12-13,15H,7-10H2,(H,22,23,24). The van der Waals surface area contributed by atoms with Gasteiger partial charge in [-0.25, -0.2) is 15.0 Å². The van der Waals surface area contributed by atoms with Gasteiger partial charge in [0, 0.05) is 30.7 Å². The molecule has 2 aromatic heterocycles. The van der Waals surface area contributed by atoms with Crippen LogP contribution in [-0.4, -0.2) is 34.1 Å². The molecule has 4 rings (SSSR count). The molecule has 1 aromatic carbocycles. The molecule has 3 aromatic rings. The van der Waals surface area contributed by atoms with Gasteiger partial charge in [0.1, 0.15) is 24.0 Å². The number of hydrogen-bond donors (Lipinski definition) is 1. The number of anilines is 2. The Morgan fingerprint density at radius 2 is 1.88 bits per heavy atom. The minimum Gasteiger partial charge on any atom is -0.367 e. The first-order valence-corrected chi connectivity index (χ1v) is 8.41. The second-order valence-electron chi connectivity index (χ2n) is 6.16. The molecule has 0 spiro atoms. The van der Waals surface area contributed by atoms with Crippen LogP contribution in [0.15, 0.2) is 48.9 Å². The van der Waals surface area contributed by atoms with Crippen molar-refractivity contribution in [3.05, 3.63) is 54.5 Å². The van der Waals surface area contributed by atoms with Crippen LogP contribution in [-0.2, 0) is 0 Å². The van der Waals surface area contributed by atoms with Crippen LogP contribution in [0.4, 0.5) is 11.6 Å². The Balaban J connectivity index is 1.42. The number of nitriles is 1. The third kappa shape index (κ3) is 3.22. The van der Waals surface area contributed by atoms with Crippen molar-refractivity contribution in [3.8, 4) is 6.07 Å². The monoisotopic (exact) mass is 330 g/mol. The smallest absolute Gasteiger partial charge is 0.137 e. The molecule has 124 valence electrons. The maximum absolute atomic E-state index is 8.87. The lowest BCUT2D eigenvalue weighted by atomic mass is 10.0. The van der Waals surface area contributed by atoms with E-state index in [0.29, 0.717) is 11.6 Å². The number of nitrogens with one attached hydrogen (secondary N) is 1. The van der Waals surface area contributed by atoms with E-state index in [-0.39, 0.29) is 0 Å². The molecule has 3 heterocycles. The Morgan fingerprint density at radius 1 is 1.04 bits per heavy atom. The topological polar surface area (TPSA) is 77.7 Å². The molecule has 0 saturated carbocycles. The van der Waals surface area contributed by atoms with E-state index in [9.17, 15) is 0 Å². The van der Waals surface area contributed by atoms with Gasteiger partial charge in [-0.1, -0.05) is 12.1 Å². The summed E-state index contributed by atoms with van der Waals surface area (Å²) >= 11 is 0. The van der Waals surface area contributed by atoms with Crippen LogP contribution in [0.3, 0.4) is 0 Å². The van der Waals surface area contributed by atoms with E-state index in [1.54, 1.807) is 12.5 Å². The lowest BCUT2D eigenvalue weighted by Crippen LogP contribution is -2.39. The van der Waals surface area contributed by atoms with Crippen LogP contribution in [0, 0.1) is 11.3 Å². The Morgan fingerprint density at radius 3 is 2.64 bits per heavy atom. The summed E-state index contributed by atoms with van der Waals surface area (Å²) in [7, 11) is 0. The lowest BCUT2D eigenvalue weighted by Gasteiger charge is -2.33. The second kappa shape index (κ2) is 6.73. The summed E-state index contributed by atoms with van der Waals surface area (Å²) in [4.78, 5) is 15.4. The van der Waals surface area contributed by atoms with Gasteiger partial charge in [-0.05, 0) is 37.1 Å². The highest BCUT2D eigenvalue weighted by atomic mass is 15.2. The maximum Gasteiger partial charge on any atom is 0.137 e. The highest BCUT2D eigenvalue weighted by molar-refractivity contribution is 5.88. The maximum atomic E-state index is 8.87. The highest BCUT2D eigenvalue weighted by Gasteiger charge is 2.21. The molecule has 0 unspecified atom stereocenters. The van der Waals surface area contributed by atoms with Crippen molar-refractivity contribution in [3.63, 3.8) is 0 Å². The predicted octanol–water partition coefficient (Wildman–Crippen LogP) is 2.98. The van der Waals surface area contributed by atoms with Crippen LogP contribution in [0.2, 0.25) is 0 Å². The SMILES string of the molecule is N#Cc1ccc(N2CCC(Nc3ncnc4ccccc34)CC2)nc1. The Bertz CT molecular complexity index is 902. The molecule has 1 aliphatic heterocycles. The van der Waals surface area contributed by atoms with Crippen molar-refractivity contribution in [2.45, 2.75) is 18.9 Å². The van der Waals surface area contributed by atoms with Gasteiger partial charge in [-0.2, -0.15) is 5.26 Å². The Labute approximate surface area is 146 Å². The molecular weight excluding hydrogens is 312 g/mol. The molecule has 1 fully saturated rings. The Hall–Kier alpha value is -3.20. The summed E-state index contributed by atoms with van der Waals surface area (Å²) in [6.07, 6.45) is 5.27. The van der Waals surface area contributed by atoms with Crippen molar-refractivity contribution >= 4 is 22.5 Å². The fraction of sp³-hybridized carbons (Fsp3) is 0.263. The zero-order chi connectivity index (χ0) is 17.1. The summed E-state index contributed by atoms with van der Waals surface area (Å²) in [6, 6.07) is 14.3. The van der Waals surface area contributed by atoms with Crippen LogP contribution in [0.1, 0.15) is 18.4 Å². The quantitative estimate of drug-likeness (QED) is 0.795. The van der Waals surface area contributed by atoms with E-state index in [1.165, 1.54) is 0 Å². The van der Waals surface area contributed by atoms with E-state index in [4.69, 9.17) is 5.26 Å². The van der Waals surface area contributed by atoms with Crippen LogP contribution >= 0.6 is 0 Å². The molecule has 6 heteroatoms. The Kier molecular flexibility index (Phi) is 4.13. The lowest BCUT2D eigenvalue weighted by molar-refractivity contribution is 0.523. The zero-order valence-electron chi connectivity index (χ0n) is 13.8. The third-order valence-corrected chi connectivity index (χ3v) is 4.58. The summed E-state index contributed by atoms with van der Waals surface area (Å²) in [5.41, 5.74) is 1.55. The number of pyridine rings is 1. The zero-order valence-corrected chi connectivity index (χ0v) is 13.8. The number of rotatable bonds is 3. The summed E-state index contributed by atoms with van der Waals surface area (Å²) in [5, 5.41) is 13.5. The van der Waals surface area contributed by atoms with Gasteiger partial charge in [-0.15, -0.1) is 0 Å². The number of benzene rings is 1. The van der Waals surface area contributed by atoms with Crippen LogP contribution in [0.5, 0.6) is 0 Å². The van der Waals surface area contributed by atoms with Crippen molar-refractivity contribution in [1.29, 1.82) is 5.26 Å². The van der Waals surface area contributed by atoms with E-state index < -0.39 is 0 Å². The molecule has 25 heavy (non-hydrogen) atoms. The molecule has 0 radical (unpaired) electrons. The number of fused-ring (bicyclic) bond motifs is 1. The summed E-state index contributed by atoms with van der Waals surface area (Å²) in [5.74, 6) is 1.84. The summed E-state index contributed by atoms with van der Waals surface area (Å²) in [6.45, 7) is 1.86. The number of para-hydroxylation sites is 1. The molecule has 0 bridgehead atoms. The molecular formula is C19H18N6. The number of piperidine rings is 1. The van der Waals surface area contributed by atoms with Crippen LogP contribution in [0.25, 0.3) is 10.9 Å². The van der Waals surface area contributed by atoms with Gasteiger partial charge in [0.2, 0.25) is 0 Å². The van der Waals surface area contributed by atoms with Crippen molar-refractivity contribution in [1.82, 2.24) is 15.0 Å². The van der Waals surface area contributed by atoms with Gasteiger partial charge < -0.3 is 10.2 Å². The molecule has 6 nitrogen and oxygen atoms in total. The molecule has 1 aliphatic rings. The minimum atomic E-state index is 0.382. The average Bonchev–Trinajstić information content (AvgIpc) is 2.69. The van der Waals surface area contributed by atoms with E-state index in [1.807, 2.05) is 36.4 Å². The molecule has 0 amide bonds. The second-order valence-corrected chi connectivity index (χ2v) is 6.16. The van der Waals surface area contributed by atoms with E-state index in [2.05, 4.69) is 31.2 Å². The fourth-order valence-corrected chi connectivity index (χ4v) is 3.21. The van der Waals surface area contributed by atoms with Crippen LogP contribution < -0.4 is 10.2 Å². The largest absolute Gasteiger partial charge is 0.367 e. The predicted molar refractivity (Wildman–Crippen MR) is 97.3 cm³/mol. The minimum absolute atomic E-state index is 0.382. The van der Waals surface area contributed by atoms with Crippen molar-refractivity contribution in [2.75, 3.05) is 23.3 Å². The van der Waals surface area contributed by atoms with Gasteiger partial charge in [0.15, 0.2) is 0 Å². The first-order valence-electron chi connectivity index (χ1n) is 8.41. The first kappa shape index (κ1) is 15.3. The normalized spacial score (nSPS) is 15.1. The third-order valence-electron chi connectivity index (χ3n) is 4.58. The van der Waals surface area contributed by atoms with Crippen molar-refractivity contribution < 1.29 is 0 Å². The van der Waals surface area contributed by atoms with Gasteiger partial charge in [0.05, 0.1) is 11.1 Å². The fourth-order valence-electron chi connectivity index (χ4n) is 3.21. The van der Waals surface area contributed by atoms with E-state index in [0.717, 1.165) is 48.5 Å². The van der Waals surface area contributed by atoms with Crippen molar-refractivity contribution in [2.24, 2.45) is 0 Å². The van der Waals surface area contributed by atoms with Gasteiger partial charge >= 0.3 is 0 Å². The van der Waals surface area contributed by atoms with E-state index >= 15 is 0 Å². The molecule has 0 atom stereocenters. The number of aromatic nitrogens is 3. The molecule has 0 aliphatic carbocycles.